The molecule has 2 rings (SSSR count). The first-order chi connectivity index (χ1) is 11.1. The van der Waals surface area contributed by atoms with E-state index in [1.54, 1.807) is 18.5 Å². The number of pyridine rings is 1. The largest absolute Gasteiger partial charge is 0.396 e. The Morgan fingerprint density at radius 3 is 2.91 bits per heavy atom. The van der Waals surface area contributed by atoms with Gasteiger partial charge in [-0.1, -0.05) is 19.0 Å². The molecule has 7 nitrogen and oxygen atoms in total. The fourth-order valence-electron chi connectivity index (χ4n) is 2.18. The molecule has 0 aliphatic heterocycles. The highest BCUT2D eigenvalue weighted by Crippen LogP contribution is 2.14. The van der Waals surface area contributed by atoms with Crippen LogP contribution in [-0.4, -0.2) is 38.8 Å². The number of aromatic nitrogens is 3. The van der Waals surface area contributed by atoms with Gasteiger partial charge >= 0.3 is 0 Å². The van der Waals surface area contributed by atoms with E-state index in [-0.39, 0.29) is 30.9 Å². The van der Waals surface area contributed by atoms with Gasteiger partial charge in [-0.3, -0.25) is 9.78 Å². The lowest BCUT2D eigenvalue weighted by molar-refractivity contribution is -0.122. The molecule has 0 radical (unpaired) electrons. The Hall–Kier alpha value is -2.28. The highest BCUT2D eigenvalue weighted by molar-refractivity contribution is 5.76. The third-order valence-electron chi connectivity index (χ3n) is 3.54. The van der Waals surface area contributed by atoms with Crippen LogP contribution in [0.4, 0.5) is 0 Å². The maximum absolute atomic E-state index is 12.0. The Labute approximate surface area is 135 Å². The molecule has 23 heavy (non-hydrogen) atoms. The van der Waals surface area contributed by atoms with Gasteiger partial charge < -0.3 is 14.9 Å². The zero-order valence-electron chi connectivity index (χ0n) is 13.4. The summed E-state index contributed by atoms with van der Waals surface area (Å²) in [6.45, 7) is 4.08. The van der Waals surface area contributed by atoms with Gasteiger partial charge in [-0.25, -0.2) is 0 Å². The predicted octanol–water partition coefficient (Wildman–Crippen LogP) is 1.59. The van der Waals surface area contributed by atoms with Crippen molar-refractivity contribution in [2.45, 2.75) is 39.2 Å². The minimum absolute atomic E-state index is 0.0267. The first kappa shape index (κ1) is 17.1. The minimum atomic E-state index is -0.0849. The van der Waals surface area contributed by atoms with Crippen molar-refractivity contribution in [2.24, 2.45) is 5.92 Å². The first-order valence-electron chi connectivity index (χ1n) is 7.73. The molecular formula is C16H22N4O3. The van der Waals surface area contributed by atoms with Gasteiger partial charge in [0, 0.05) is 43.4 Å². The number of aliphatic hydroxyl groups is 1. The van der Waals surface area contributed by atoms with Gasteiger partial charge in [-0.15, -0.1) is 0 Å². The van der Waals surface area contributed by atoms with E-state index in [9.17, 15) is 4.79 Å². The second kappa shape index (κ2) is 8.38. The number of rotatable bonds is 8. The summed E-state index contributed by atoms with van der Waals surface area (Å²) in [5.74, 6) is 1.07. The molecule has 1 atom stereocenters. The van der Waals surface area contributed by atoms with Crippen molar-refractivity contribution in [3.8, 4) is 11.4 Å². The van der Waals surface area contributed by atoms with Crippen molar-refractivity contribution >= 4 is 5.91 Å². The second-order valence-corrected chi connectivity index (χ2v) is 5.68. The van der Waals surface area contributed by atoms with Crippen LogP contribution in [0.2, 0.25) is 0 Å². The Balaban J connectivity index is 1.86. The summed E-state index contributed by atoms with van der Waals surface area (Å²) in [6, 6.07) is 3.61. The number of aryl methyl sites for hydroxylation is 1. The summed E-state index contributed by atoms with van der Waals surface area (Å²) in [5.41, 5.74) is 0.773. The zero-order chi connectivity index (χ0) is 16.7. The first-order valence-corrected chi connectivity index (χ1v) is 7.73. The average Bonchev–Trinajstić information content (AvgIpc) is 3.02. The van der Waals surface area contributed by atoms with Gasteiger partial charge in [0.15, 0.2) is 0 Å². The Morgan fingerprint density at radius 2 is 2.26 bits per heavy atom. The van der Waals surface area contributed by atoms with Gasteiger partial charge in [-0.05, 0) is 24.5 Å². The fourth-order valence-corrected chi connectivity index (χ4v) is 2.18. The molecule has 2 aromatic rings. The molecule has 0 spiro atoms. The van der Waals surface area contributed by atoms with Crippen molar-refractivity contribution in [3.05, 3.63) is 30.4 Å². The lowest BCUT2D eigenvalue weighted by Gasteiger charge is -2.21. The van der Waals surface area contributed by atoms with E-state index in [0.717, 1.165) is 5.56 Å². The fraction of sp³-hybridized carbons (Fsp3) is 0.500. The topological polar surface area (TPSA) is 101 Å². The molecule has 2 heterocycles. The lowest BCUT2D eigenvalue weighted by atomic mass is 10.0. The SMILES string of the molecule is CC(C)C(CCO)NC(=O)CCc1nc(-c2cccnc2)no1. The molecule has 0 fully saturated rings. The summed E-state index contributed by atoms with van der Waals surface area (Å²) < 4.78 is 5.16. The normalized spacial score (nSPS) is 12.3. The number of hydrogen-bond donors (Lipinski definition) is 2. The number of hydrogen-bond acceptors (Lipinski definition) is 6. The molecule has 0 aliphatic carbocycles. The van der Waals surface area contributed by atoms with Gasteiger partial charge in [0.2, 0.25) is 17.6 Å². The zero-order valence-corrected chi connectivity index (χ0v) is 13.4. The third kappa shape index (κ3) is 5.14. The molecule has 0 saturated heterocycles. The Kier molecular flexibility index (Phi) is 6.22. The Morgan fingerprint density at radius 1 is 1.43 bits per heavy atom. The van der Waals surface area contributed by atoms with Crippen molar-refractivity contribution in [1.82, 2.24) is 20.4 Å². The van der Waals surface area contributed by atoms with Crippen LogP contribution in [0.15, 0.2) is 29.0 Å². The summed E-state index contributed by atoms with van der Waals surface area (Å²) >= 11 is 0. The van der Waals surface area contributed by atoms with E-state index in [2.05, 4.69) is 20.4 Å². The summed E-state index contributed by atoms with van der Waals surface area (Å²) in [5, 5.41) is 15.8. The molecule has 2 aromatic heterocycles. The average molecular weight is 318 g/mol. The van der Waals surface area contributed by atoms with Crippen LogP contribution in [0.3, 0.4) is 0 Å². The van der Waals surface area contributed by atoms with Crippen molar-refractivity contribution < 1.29 is 14.4 Å². The maximum atomic E-state index is 12.0. The van der Waals surface area contributed by atoms with Crippen molar-refractivity contribution in [1.29, 1.82) is 0 Å². The van der Waals surface area contributed by atoms with Crippen LogP contribution in [0.5, 0.6) is 0 Å². The standard InChI is InChI=1S/C16H22N4O3/c1-11(2)13(7-9-21)18-14(22)5-6-15-19-16(20-23-15)12-4-3-8-17-10-12/h3-4,8,10-11,13,21H,5-7,9H2,1-2H3,(H,18,22). The lowest BCUT2D eigenvalue weighted by Crippen LogP contribution is -2.39. The molecule has 0 bridgehead atoms. The van der Waals surface area contributed by atoms with Gasteiger partial charge in [-0.2, -0.15) is 4.98 Å². The van der Waals surface area contributed by atoms with E-state index in [1.165, 1.54) is 0 Å². The number of aliphatic hydroxyl groups excluding tert-OH is 1. The van der Waals surface area contributed by atoms with Crippen molar-refractivity contribution in [2.75, 3.05) is 6.61 Å². The smallest absolute Gasteiger partial charge is 0.227 e. The number of carbonyl (C=O) groups excluding carboxylic acids is 1. The Bertz CT molecular complexity index is 613. The number of nitrogens with zero attached hydrogens (tertiary/aromatic N) is 3. The predicted molar refractivity (Wildman–Crippen MR) is 84.3 cm³/mol. The molecule has 0 saturated carbocycles. The van der Waals surface area contributed by atoms with Gasteiger partial charge in [0.05, 0.1) is 0 Å². The molecule has 1 amide bonds. The molecule has 0 aliphatic rings. The van der Waals surface area contributed by atoms with E-state index in [0.29, 0.717) is 24.6 Å². The maximum Gasteiger partial charge on any atom is 0.227 e. The summed E-state index contributed by atoms with van der Waals surface area (Å²) in [4.78, 5) is 20.3. The van der Waals surface area contributed by atoms with Gasteiger partial charge in [0.25, 0.3) is 0 Å². The van der Waals surface area contributed by atoms with Crippen LogP contribution >= 0.6 is 0 Å². The number of carbonyl (C=O) groups is 1. The summed E-state index contributed by atoms with van der Waals surface area (Å²) in [7, 11) is 0. The van der Waals surface area contributed by atoms with Crippen molar-refractivity contribution in [3.63, 3.8) is 0 Å². The van der Waals surface area contributed by atoms with Crippen LogP contribution < -0.4 is 5.32 Å². The second-order valence-electron chi connectivity index (χ2n) is 5.68. The molecule has 124 valence electrons. The van der Waals surface area contributed by atoms with E-state index in [1.807, 2.05) is 19.9 Å². The highest BCUT2D eigenvalue weighted by Gasteiger charge is 2.16. The molecule has 7 heteroatoms. The molecule has 2 N–H and O–H groups in total. The summed E-state index contributed by atoms with van der Waals surface area (Å²) in [6.07, 6.45) is 4.53. The highest BCUT2D eigenvalue weighted by atomic mass is 16.5. The molecule has 0 aromatic carbocycles. The quantitative estimate of drug-likeness (QED) is 0.766. The van der Waals surface area contributed by atoms with Crippen LogP contribution in [0.25, 0.3) is 11.4 Å². The van der Waals surface area contributed by atoms with Crippen LogP contribution in [0, 0.1) is 5.92 Å². The van der Waals surface area contributed by atoms with E-state index >= 15 is 0 Å². The van der Waals surface area contributed by atoms with Crippen LogP contribution in [-0.2, 0) is 11.2 Å². The van der Waals surface area contributed by atoms with E-state index in [4.69, 9.17) is 9.63 Å². The number of nitrogens with one attached hydrogen (secondary N) is 1. The number of amides is 1. The molecular weight excluding hydrogens is 296 g/mol. The third-order valence-corrected chi connectivity index (χ3v) is 3.54. The van der Waals surface area contributed by atoms with E-state index < -0.39 is 0 Å². The molecule has 1 unspecified atom stereocenters. The van der Waals surface area contributed by atoms with Crippen LogP contribution in [0.1, 0.15) is 32.6 Å². The van der Waals surface area contributed by atoms with Gasteiger partial charge in [0.1, 0.15) is 0 Å². The minimum Gasteiger partial charge on any atom is -0.396 e. The monoisotopic (exact) mass is 318 g/mol.